The average molecular weight is 337 g/mol. The molecule has 0 radical (unpaired) electrons. The lowest BCUT2D eigenvalue weighted by Crippen LogP contribution is -1.98. The maximum atomic E-state index is 5.84. The van der Waals surface area contributed by atoms with Gasteiger partial charge in [-0.1, -0.05) is 34.1 Å². The molecule has 2 aromatic carbocycles. The highest BCUT2D eigenvalue weighted by atomic mass is 79.9. The number of rotatable bonds is 6. The van der Waals surface area contributed by atoms with E-state index in [2.05, 4.69) is 15.9 Å². The minimum Gasteiger partial charge on any atom is -0.497 e. The van der Waals surface area contributed by atoms with Crippen molar-refractivity contribution in [2.24, 2.45) is 0 Å². The van der Waals surface area contributed by atoms with E-state index in [1.807, 2.05) is 42.5 Å². The zero-order chi connectivity index (χ0) is 14.4. The third kappa shape index (κ3) is 3.67. The fourth-order valence-corrected chi connectivity index (χ4v) is 2.15. The van der Waals surface area contributed by atoms with Crippen LogP contribution in [0.3, 0.4) is 0 Å². The van der Waals surface area contributed by atoms with Crippen LogP contribution in [0.25, 0.3) is 0 Å². The van der Waals surface area contributed by atoms with Crippen LogP contribution in [0.1, 0.15) is 11.1 Å². The van der Waals surface area contributed by atoms with Crippen molar-refractivity contribution in [1.29, 1.82) is 0 Å². The molecule has 4 heteroatoms. The second-order valence-corrected chi connectivity index (χ2v) is 4.82. The summed E-state index contributed by atoms with van der Waals surface area (Å²) in [5, 5.41) is 0.788. The lowest BCUT2D eigenvalue weighted by Gasteiger charge is -2.12. The van der Waals surface area contributed by atoms with Crippen molar-refractivity contribution < 1.29 is 14.2 Å². The van der Waals surface area contributed by atoms with Gasteiger partial charge in [0.2, 0.25) is 0 Å². The fraction of sp³-hybridized carbons (Fsp3) is 0.250. The smallest absolute Gasteiger partial charge is 0.161 e. The van der Waals surface area contributed by atoms with E-state index in [0.29, 0.717) is 6.61 Å². The van der Waals surface area contributed by atoms with Gasteiger partial charge in [-0.3, -0.25) is 0 Å². The van der Waals surface area contributed by atoms with E-state index in [1.54, 1.807) is 14.2 Å². The van der Waals surface area contributed by atoms with Crippen LogP contribution in [-0.4, -0.2) is 14.2 Å². The van der Waals surface area contributed by atoms with Crippen molar-refractivity contribution in [2.75, 3.05) is 14.2 Å². The van der Waals surface area contributed by atoms with Gasteiger partial charge in [0.15, 0.2) is 11.5 Å². The van der Waals surface area contributed by atoms with Gasteiger partial charge in [0.1, 0.15) is 12.4 Å². The second-order valence-electron chi connectivity index (χ2n) is 4.26. The molecule has 0 saturated carbocycles. The van der Waals surface area contributed by atoms with E-state index in [4.69, 9.17) is 14.2 Å². The Bertz CT molecular complexity index is 552. The van der Waals surface area contributed by atoms with Gasteiger partial charge in [-0.25, -0.2) is 0 Å². The molecule has 0 bridgehead atoms. The lowest BCUT2D eigenvalue weighted by atomic mass is 10.2. The normalized spacial score (nSPS) is 10.2. The van der Waals surface area contributed by atoms with Crippen molar-refractivity contribution in [2.45, 2.75) is 11.9 Å². The number of hydrogen-bond donors (Lipinski definition) is 0. The summed E-state index contributed by atoms with van der Waals surface area (Å²) in [6.07, 6.45) is 0. The summed E-state index contributed by atoms with van der Waals surface area (Å²) < 4.78 is 16.3. The number of alkyl halides is 1. The van der Waals surface area contributed by atoms with Gasteiger partial charge in [0, 0.05) is 5.33 Å². The highest BCUT2D eigenvalue weighted by Crippen LogP contribution is 2.29. The Morgan fingerprint density at radius 2 is 1.55 bits per heavy atom. The summed E-state index contributed by atoms with van der Waals surface area (Å²) in [4.78, 5) is 0. The zero-order valence-corrected chi connectivity index (χ0v) is 13.1. The number of ether oxygens (including phenoxy) is 3. The van der Waals surface area contributed by atoms with E-state index in [0.717, 1.165) is 33.7 Å². The third-order valence-electron chi connectivity index (χ3n) is 2.94. The summed E-state index contributed by atoms with van der Waals surface area (Å²) in [6, 6.07) is 13.7. The molecule has 106 valence electrons. The van der Waals surface area contributed by atoms with Crippen LogP contribution in [0.15, 0.2) is 42.5 Å². The Morgan fingerprint density at radius 1 is 0.850 bits per heavy atom. The summed E-state index contributed by atoms with van der Waals surface area (Å²) in [6.45, 7) is 0.492. The molecule has 0 unspecified atom stereocenters. The third-order valence-corrected chi connectivity index (χ3v) is 3.58. The molecule has 20 heavy (non-hydrogen) atoms. The zero-order valence-electron chi connectivity index (χ0n) is 11.6. The first-order valence-electron chi connectivity index (χ1n) is 6.25. The highest BCUT2D eigenvalue weighted by Gasteiger charge is 2.06. The molecule has 3 nitrogen and oxygen atoms in total. The van der Waals surface area contributed by atoms with Crippen molar-refractivity contribution in [3.63, 3.8) is 0 Å². The van der Waals surface area contributed by atoms with E-state index in [1.165, 1.54) is 0 Å². The Balaban J connectivity index is 2.08. The highest BCUT2D eigenvalue weighted by molar-refractivity contribution is 9.08. The number of benzene rings is 2. The predicted molar refractivity (Wildman–Crippen MR) is 83.0 cm³/mol. The summed E-state index contributed by atoms with van der Waals surface area (Å²) in [7, 11) is 3.30. The number of hydrogen-bond acceptors (Lipinski definition) is 3. The van der Waals surface area contributed by atoms with Crippen LogP contribution in [0.4, 0.5) is 0 Å². The monoisotopic (exact) mass is 336 g/mol. The molecule has 0 saturated heterocycles. The van der Waals surface area contributed by atoms with Crippen molar-refractivity contribution >= 4 is 15.9 Å². The second kappa shape index (κ2) is 7.20. The van der Waals surface area contributed by atoms with Gasteiger partial charge in [-0.15, -0.1) is 0 Å². The van der Waals surface area contributed by atoms with E-state index in [9.17, 15) is 0 Å². The molecule has 0 aliphatic rings. The Morgan fingerprint density at radius 3 is 2.15 bits per heavy atom. The largest absolute Gasteiger partial charge is 0.497 e. The minimum atomic E-state index is 0.492. The fourth-order valence-electron chi connectivity index (χ4n) is 1.80. The standard InChI is InChI=1S/C16H17BrO3/c1-18-14-6-3-12(4-7-14)11-20-16-9-13(10-17)5-8-15(16)19-2/h3-9H,10-11H2,1-2H3. The van der Waals surface area contributed by atoms with Crippen LogP contribution in [0.5, 0.6) is 17.2 Å². The van der Waals surface area contributed by atoms with Crippen LogP contribution in [-0.2, 0) is 11.9 Å². The van der Waals surface area contributed by atoms with Gasteiger partial charge in [0.25, 0.3) is 0 Å². The molecule has 0 aliphatic heterocycles. The molecular formula is C16H17BrO3. The van der Waals surface area contributed by atoms with Crippen molar-refractivity contribution in [1.82, 2.24) is 0 Å². The first-order chi connectivity index (χ1) is 9.76. The molecule has 0 aromatic heterocycles. The summed E-state index contributed by atoms with van der Waals surface area (Å²) in [5.41, 5.74) is 2.23. The van der Waals surface area contributed by atoms with Crippen LogP contribution < -0.4 is 14.2 Å². The van der Waals surface area contributed by atoms with Gasteiger partial charge in [-0.05, 0) is 35.4 Å². The SMILES string of the molecule is COc1ccc(COc2cc(CBr)ccc2OC)cc1. The summed E-state index contributed by atoms with van der Waals surface area (Å²) in [5.74, 6) is 2.33. The van der Waals surface area contributed by atoms with Gasteiger partial charge in [0.05, 0.1) is 14.2 Å². The van der Waals surface area contributed by atoms with Crippen molar-refractivity contribution in [3.05, 3.63) is 53.6 Å². The molecule has 0 atom stereocenters. The number of halogens is 1. The topological polar surface area (TPSA) is 27.7 Å². The maximum Gasteiger partial charge on any atom is 0.161 e. The van der Waals surface area contributed by atoms with Crippen LogP contribution >= 0.6 is 15.9 Å². The summed E-state index contributed by atoms with van der Waals surface area (Å²) >= 11 is 3.44. The minimum absolute atomic E-state index is 0.492. The van der Waals surface area contributed by atoms with E-state index < -0.39 is 0 Å². The molecule has 0 spiro atoms. The lowest BCUT2D eigenvalue weighted by molar-refractivity contribution is 0.284. The van der Waals surface area contributed by atoms with Gasteiger partial charge in [-0.2, -0.15) is 0 Å². The van der Waals surface area contributed by atoms with Crippen LogP contribution in [0.2, 0.25) is 0 Å². The molecule has 0 fully saturated rings. The number of methoxy groups -OCH3 is 2. The Kier molecular flexibility index (Phi) is 5.30. The quantitative estimate of drug-likeness (QED) is 0.740. The molecule has 0 heterocycles. The molecule has 0 N–H and O–H groups in total. The molecule has 2 aromatic rings. The van der Waals surface area contributed by atoms with Gasteiger partial charge >= 0.3 is 0 Å². The Labute approximate surface area is 127 Å². The van der Waals surface area contributed by atoms with Gasteiger partial charge < -0.3 is 14.2 Å². The first kappa shape index (κ1) is 14.7. The average Bonchev–Trinajstić information content (AvgIpc) is 2.53. The molecule has 0 aliphatic carbocycles. The van der Waals surface area contributed by atoms with E-state index >= 15 is 0 Å². The predicted octanol–water partition coefficient (Wildman–Crippen LogP) is 4.18. The Hall–Kier alpha value is -1.68. The van der Waals surface area contributed by atoms with E-state index in [-0.39, 0.29) is 0 Å². The molecule has 2 rings (SSSR count). The first-order valence-corrected chi connectivity index (χ1v) is 7.37. The molecular weight excluding hydrogens is 320 g/mol. The maximum absolute atomic E-state index is 5.84. The van der Waals surface area contributed by atoms with Crippen molar-refractivity contribution in [3.8, 4) is 17.2 Å². The molecule has 0 amide bonds. The van der Waals surface area contributed by atoms with Crippen LogP contribution in [0, 0.1) is 0 Å².